The molecule has 0 atom stereocenters. The minimum atomic E-state index is -3.87. The van der Waals surface area contributed by atoms with Crippen LogP contribution in [0.3, 0.4) is 0 Å². The number of nitrogens with zero attached hydrogens (tertiary/aromatic N) is 3. The van der Waals surface area contributed by atoms with Crippen LogP contribution in [0.1, 0.15) is 51.6 Å². The molecule has 1 aromatic carbocycles. The van der Waals surface area contributed by atoms with E-state index in [1.165, 1.54) is 28.6 Å². The highest BCUT2D eigenvalue weighted by Crippen LogP contribution is 2.32. The zero-order valence-corrected chi connectivity index (χ0v) is 24.4. The number of esters is 1. The van der Waals surface area contributed by atoms with Gasteiger partial charge in [0.15, 0.2) is 0 Å². The van der Waals surface area contributed by atoms with Crippen LogP contribution in [0.15, 0.2) is 34.0 Å². The Morgan fingerprint density at radius 1 is 1.21 bits per heavy atom. The molecule has 0 saturated carbocycles. The Morgan fingerprint density at radius 3 is 2.67 bits per heavy atom. The van der Waals surface area contributed by atoms with Gasteiger partial charge >= 0.3 is 5.97 Å². The molecule has 0 aliphatic carbocycles. The van der Waals surface area contributed by atoms with Crippen molar-refractivity contribution in [2.75, 3.05) is 39.5 Å². The number of unbranched alkanes of at least 4 members (excludes halogenated alkanes) is 1. The number of benzene rings is 1. The predicted molar refractivity (Wildman–Crippen MR) is 152 cm³/mol. The average Bonchev–Trinajstić information content (AvgIpc) is 2.91. The van der Waals surface area contributed by atoms with Gasteiger partial charge in [0.05, 0.1) is 35.1 Å². The molecule has 0 bridgehead atoms. The van der Waals surface area contributed by atoms with Crippen molar-refractivity contribution in [2.45, 2.75) is 56.9 Å². The number of hydrogen-bond acceptors (Lipinski definition) is 12. The highest BCUT2D eigenvalue weighted by molar-refractivity contribution is 7.89. The number of nitrogens with one attached hydrogen (secondary N) is 3. The van der Waals surface area contributed by atoms with Crippen LogP contribution in [0.2, 0.25) is 0 Å². The van der Waals surface area contributed by atoms with Gasteiger partial charge in [-0.25, -0.2) is 13.4 Å². The fraction of sp³-hybridized carbons (Fsp3) is 0.538. The first-order valence-electron chi connectivity index (χ1n) is 13.7. The number of hydrogen-bond donors (Lipinski definition) is 3. The van der Waals surface area contributed by atoms with Crippen molar-refractivity contribution in [1.82, 2.24) is 19.6 Å². The van der Waals surface area contributed by atoms with Gasteiger partial charge in [-0.1, -0.05) is 13.3 Å². The van der Waals surface area contributed by atoms with Crippen LogP contribution in [-0.4, -0.2) is 85.0 Å². The zero-order valence-electron chi connectivity index (χ0n) is 23.6. The Hall–Kier alpha value is -3.89. The van der Waals surface area contributed by atoms with Gasteiger partial charge in [-0.2, -0.15) is 4.31 Å². The maximum atomic E-state index is 13.4. The molecule has 3 rings (SSSR count). The average molecular weight is 609 g/mol. The third-order valence-corrected chi connectivity index (χ3v) is 8.14. The highest BCUT2D eigenvalue weighted by Gasteiger charge is 2.37. The number of aromatic amines is 1. The first-order chi connectivity index (χ1) is 20.0. The number of rotatable bonds is 18. The molecule has 1 aliphatic heterocycles. The Bertz CT molecular complexity index is 1420. The van der Waals surface area contributed by atoms with E-state index in [-0.39, 0.29) is 60.9 Å². The maximum absolute atomic E-state index is 13.4. The Kier molecular flexibility index (Phi) is 11.9. The third kappa shape index (κ3) is 9.06. The van der Waals surface area contributed by atoms with E-state index in [2.05, 4.69) is 20.1 Å². The summed E-state index contributed by atoms with van der Waals surface area (Å²) in [6.45, 7) is 4.81. The van der Waals surface area contributed by atoms with Crippen molar-refractivity contribution in [3.05, 3.63) is 50.4 Å². The standard InChI is InChI=1S/C26H36N6O9S/c1-3-7-21(27)22-15-24(33)30-26(29-22)20-14-19(9-10-23(20)39-4-2)42(37,38)31-16-18(17-31)28-11-13-40-25(34)8-5-6-12-41-32(35)36/h9-10,14-15,18,27-28H,3-8,11-13,16-17H2,1-2H3,(H,29,30,33). The molecule has 0 spiro atoms. The second-order valence-electron chi connectivity index (χ2n) is 9.51. The number of sulfonamides is 1. The van der Waals surface area contributed by atoms with Gasteiger partial charge in [-0.05, 0) is 44.4 Å². The Balaban J connectivity index is 1.58. The van der Waals surface area contributed by atoms with Crippen molar-refractivity contribution in [3.63, 3.8) is 0 Å². The summed E-state index contributed by atoms with van der Waals surface area (Å²) in [5.74, 6) is 0.0356. The van der Waals surface area contributed by atoms with Gasteiger partial charge in [0.1, 0.15) is 18.2 Å². The number of ether oxygens (including phenoxy) is 2. The number of carbonyl (C=O) groups excluding carboxylic acids is 1. The predicted octanol–water partition coefficient (Wildman–Crippen LogP) is 1.89. The van der Waals surface area contributed by atoms with Crippen LogP contribution in [-0.2, 0) is 24.4 Å². The van der Waals surface area contributed by atoms with E-state index in [0.29, 0.717) is 50.1 Å². The molecule has 15 nitrogen and oxygen atoms in total. The van der Waals surface area contributed by atoms with E-state index in [4.69, 9.17) is 14.9 Å². The van der Waals surface area contributed by atoms with E-state index in [0.717, 1.165) is 0 Å². The summed E-state index contributed by atoms with van der Waals surface area (Å²) in [5.41, 5.74) is 0.261. The molecule has 2 heterocycles. The summed E-state index contributed by atoms with van der Waals surface area (Å²) in [6, 6.07) is 5.49. The van der Waals surface area contributed by atoms with E-state index < -0.39 is 26.6 Å². The molecule has 0 unspecified atom stereocenters. The lowest BCUT2D eigenvalue weighted by Crippen LogP contribution is -2.60. The first-order valence-corrected chi connectivity index (χ1v) is 15.1. The monoisotopic (exact) mass is 608 g/mol. The summed E-state index contributed by atoms with van der Waals surface area (Å²) >= 11 is 0. The van der Waals surface area contributed by atoms with Gasteiger partial charge in [0.2, 0.25) is 10.0 Å². The normalized spacial score (nSPS) is 13.8. The maximum Gasteiger partial charge on any atom is 0.305 e. The fourth-order valence-corrected chi connectivity index (χ4v) is 5.73. The Labute approximate surface area is 243 Å². The molecule has 2 aromatic rings. The fourth-order valence-electron chi connectivity index (χ4n) is 4.18. The van der Waals surface area contributed by atoms with Gasteiger partial charge in [0, 0.05) is 38.2 Å². The van der Waals surface area contributed by atoms with Crippen molar-refractivity contribution >= 4 is 21.7 Å². The Morgan fingerprint density at radius 2 is 1.98 bits per heavy atom. The molecule has 1 fully saturated rings. The molecule has 3 N–H and O–H groups in total. The van der Waals surface area contributed by atoms with Crippen LogP contribution >= 0.6 is 0 Å². The lowest BCUT2D eigenvalue weighted by atomic mass is 10.1. The highest BCUT2D eigenvalue weighted by atomic mass is 32.2. The third-order valence-electron chi connectivity index (χ3n) is 6.31. The van der Waals surface area contributed by atoms with Crippen molar-refractivity contribution < 1.29 is 32.6 Å². The number of H-pyrrole nitrogens is 1. The van der Waals surface area contributed by atoms with E-state index in [1.54, 1.807) is 6.92 Å². The van der Waals surface area contributed by atoms with Crippen LogP contribution in [0.5, 0.6) is 5.75 Å². The van der Waals surface area contributed by atoms with Gasteiger partial charge in [-0.3, -0.25) is 9.59 Å². The first kappa shape index (κ1) is 32.6. The quantitative estimate of drug-likeness (QED) is 0.0732. The molecule has 1 aromatic heterocycles. The molecule has 0 amide bonds. The molecule has 230 valence electrons. The van der Waals surface area contributed by atoms with Crippen LogP contribution in [0.25, 0.3) is 11.4 Å². The summed E-state index contributed by atoms with van der Waals surface area (Å²) < 4.78 is 38.8. The lowest BCUT2D eigenvalue weighted by Gasteiger charge is -2.38. The zero-order chi connectivity index (χ0) is 30.7. The van der Waals surface area contributed by atoms with E-state index in [1.807, 2.05) is 6.92 Å². The van der Waals surface area contributed by atoms with Gasteiger partial charge in [-0.15, -0.1) is 10.1 Å². The van der Waals surface area contributed by atoms with E-state index in [9.17, 15) is 28.1 Å². The van der Waals surface area contributed by atoms with Crippen LogP contribution < -0.4 is 15.6 Å². The lowest BCUT2D eigenvalue weighted by molar-refractivity contribution is -0.757. The summed E-state index contributed by atoms with van der Waals surface area (Å²) in [5, 5.41) is 20.6. The van der Waals surface area contributed by atoms with Crippen LogP contribution in [0, 0.1) is 15.5 Å². The van der Waals surface area contributed by atoms with Crippen molar-refractivity contribution in [2.24, 2.45) is 0 Å². The SMILES string of the molecule is CCCC(=N)c1cc(=O)[nH]c(-c2cc(S(=O)(=O)N3CC(NCCOC(=O)CCCCO[N+](=O)[O-])C3)ccc2OCC)n1. The van der Waals surface area contributed by atoms with E-state index >= 15 is 0 Å². The number of aromatic nitrogens is 2. The largest absolute Gasteiger partial charge is 0.493 e. The summed E-state index contributed by atoms with van der Waals surface area (Å²) in [7, 11) is -3.87. The summed E-state index contributed by atoms with van der Waals surface area (Å²) in [6.07, 6.45) is 2.04. The molecular weight excluding hydrogens is 572 g/mol. The van der Waals surface area contributed by atoms with Gasteiger partial charge in [0.25, 0.3) is 10.6 Å². The van der Waals surface area contributed by atoms with Crippen LogP contribution in [0.4, 0.5) is 0 Å². The smallest absolute Gasteiger partial charge is 0.305 e. The molecule has 1 saturated heterocycles. The topological polar surface area (TPSA) is 207 Å². The second-order valence-corrected chi connectivity index (χ2v) is 11.4. The molecule has 1 aliphatic rings. The molecule has 42 heavy (non-hydrogen) atoms. The van der Waals surface area contributed by atoms with Crippen molar-refractivity contribution in [3.8, 4) is 17.1 Å². The molecular formula is C26H36N6O9S. The second kappa shape index (κ2) is 15.4. The minimum absolute atomic E-state index is 0.00799. The minimum Gasteiger partial charge on any atom is -0.493 e. The number of carbonyl (C=O) groups is 1. The molecule has 0 radical (unpaired) electrons. The van der Waals surface area contributed by atoms with Crippen molar-refractivity contribution in [1.29, 1.82) is 5.41 Å². The molecule has 16 heteroatoms. The van der Waals surface area contributed by atoms with Gasteiger partial charge < -0.3 is 30.0 Å². The summed E-state index contributed by atoms with van der Waals surface area (Å²) in [4.78, 5) is 45.4.